The first-order valence-corrected chi connectivity index (χ1v) is 6.29. The summed E-state index contributed by atoms with van der Waals surface area (Å²) in [6.07, 6.45) is 1.72. The molecule has 0 saturated carbocycles. The average molecular weight is 260 g/mol. The first kappa shape index (κ1) is 13.5. The molecular weight excluding hydrogens is 243 g/mol. The van der Waals surface area contributed by atoms with Gasteiger partial charge in [0.1, 0.15) is 5.82 Å². The summed E-state index contributed by atoms with van der Waals surface area (Å²) in [4.78, 5) is 6.13. The van der Waals surface area contributed by atoms with Crippen LogP contribution in [-0.2, 0) is 13.2 Å². The first-order chi connectivity index (χ1) is 9.26. The van der Waals surface area contributed by atoms with Crippen LogP contribution in [0.3, 0.4) is 0 Å². The zero-order valence-electron chi connectivity index (χ0n) is 10.9. The monoisotopic (exact) mass is 260 g/mol. The molecule has 3 nitrogen and oxygen atoms in total. The highest BCUT2D eigenvalue weighted by Crippen LogP contribution is 2.25. The van der Waals surface area contributed by atoms with Gasteiger partial charge < -0.3 is 10.0 Å². The molecule has 0 bridgehead atoms. The van der Waals surface area contributed by atoms with Crippen molar-refractivity contribution in [1.82, 2.24) is 4.98 Å². The number of hydrogen-bond acceptors (Lipinski definition) is 3. The van der Waals surface area contributed by atoms with Crippen molar-refractivity contribution in [2.45, 2.75) is 20.1 Å². The lowest BCUT2D eigenvalue weighted by Crippen LogP contribution is -2.25. The second-order valence-electron chi connectivity index (χ2n) is 4.24. The molecule has 0 aliphatic heterocycles. The maximum Gasteiger partial charge on any atom is 0.146 e. The van der Waals surface area contributed by atoms with Crippen molar-refractivity contribution in [3.63, 3.8) is 0 Å². The van der Waals surface area contributed by atoms with Gasteiger partial charge in [0.25, 0.3) is 0 Å². The predicted molar refractivity (Wildman–Crippen MR) is 73.3 cm³/mol. The van der Waals surface area contributed by atoms with Crippen LogP contribution in [0.2, 0.25) is 0 Å². The summed E-state index contributed by atoms with van der Waals surface area (Å²) < 4.78 is 14.0. The Hall–Kier alpha value is -1.94. The third kappa shape index (κ3) is 3.09. The maximum absolute atomic E-state index is 14.0. The fraction of sp³-hybridized carbons (Fsp3) is 0.267. The Bertz CT molecular complexity index is 531. The topological polar surface area (TPSA) is 36.4 Å². The molecule has 1 aromatic heterocycles. The van der Waals surface area contributed by atoms with Gasteiger partial charge in [-0.25, -0.2) is 4.39 Å². The number of nitrogens with zero attached hydrogens (tertiary/aromatic N) is 2. The molecule has 0 unspecified atom stereocenters. The van der Waals surface area contributed by atoms with Crippen LogP contribution in [0.15, 0.2) is 42.6 Å². The van der Waals surface area contributed by atoms with E-state index >= 15 is 0 Å². The maximum atomic E-state index is 14.0. The summed E-state index contributed by atoms with van der Waals surface area (Å²) in [6, 6.07) is 10.4. The molecule has 19 heavy (non-hydrogen) atoms. The molecule has 0 aliphatic carbocycles. The van der Waals surface area contributed by atoms with Crippen molar-refractivity contribution in [3.05, 3.63) is 59.7 Å². The van der Waals surface area contributed by atoms with E-state index in [1.165, 1.54) is 6.07 Å². The Kier molecular flexibility index (Phi) is 4.47. The van der Waals surface area contributed by atoms with Gasteiger partial charge in [0, 0.05) is 18.3 Å². The standard InChI is InChI=1S/C15H17FN2O/c1-2-18(10-13-7-3-4-9-17-13)15-12(11-19)6-5-8-14(15)16/h3-9,19H,2,10-11H2,1H3. The third-order valence-corrected chi connectivity index (χ3v) is 3.02. The number of halogens is 1. The predicted octanol–water partition coefficient (Wildman–Crippen LogP) is 2.74. The van der Waals surface area contributed by atoms with Crippen molar-refractivity contribution in [3.8, 4) is 0 Å². The van der Waals surface area contributed by atoms with E-state index in [0.29, 0.717) is 24.3 Å². The van der Waals surface area contributed by atoms with Gasteiger partial charge in [-0.15, -0.1) is 0 Å². The van der Waals surface area contributed by atoms with E-state index in [1.54, 1.807) is 18.3 Å². The van der Waals surface area contributed by atoms with E-state index in [9.17, 15) is 9.50 Å². The second-order valence-corrected chi connectivity index (χ2v) is 4.24. The summed E-state index contributed by atoms with van der Waals surface area (Å²) in [5.41, 5.74) is 1.92. The van der Waals surface area contributed by atoms with Gasteiger partial charge in [0.05, 0.1) is 24.5 Å². The van der Waals surface area contributed by atoms with E-state index in [0.717, 1.165) is 5.69 Å². The molecule has 1 heterocycles. The van der Waals surface area contributed by atoms with Gasteiger partial charge in [0.2, 0.25) is 0 Å². The minimum Gasteiger partial charge on any atom is -0.392 e. The highest BCUT2D eigenvalue weighted by Gasteiger charge is 2.15. The lowest BCUT2D eigenvalue weighted by atomic mass is 10.1. The smallest absolute Gasteiger partial charge is 0.146 e. The number of para-hydroxylation sites is 1. The van der Waals surface area contributed by atoms with Crippen LogP contribution < -0.4 is 4.90 Å². The first-order valence-electron chi connectivity index (χ1n) is 6.29. The highest BCUT2D eigenvalue weighted by molar-refractivity contribution is 5.54. The molecule has 4 heteroatoms. The van der Waals surface area contributed by atoms with Gasteiger partial charge >= 0.3 is 0 Å². The van der Waals surface area contributed by atoms with Crippen molar-refractivity contribution in [2.75, 3.05) is 11.4 Å². The number of aromatic nitrogens is 1. The molecule has 0 atom stereocenters. The van der Waals surface area contributed by atoms with Crippen molar-refractivity contribution >= 4 is 5.69 Å². The lowest BCUT2D eigenvalue weighted by Gasteiger charge is -2.25. The largest absolute Gasteiger partial charge is 0.392 e. The number of pyridine rings is 1. The highest BCUT2D eigenvalue weighted by atomic mass is 19.1. The number of hydrogen-bond donors (Lipinski definition) is 1. The van der Waals surface area contributed by atoms with Crippen LogP contribution in [-0.4, -0.2) is 16.6 Å². The Morgan fingerprint density at radius 1 is 1.21 bits per heavy atom. The molecule has 2 rings (SSSR count). The van der Waals surface area contributed by atoms with Crippen molar-refractivity contribution in [1.29, 1.82) is 0 Å². The fourth-order valence-electron chi connectivity index (χ4n) is 2.08. The number of anilines is 1. The summed E-state index contributed by atoms with van der Waals surface area (Å²) >= 11 is 0. The SMILES string of the molecule is CCN(Cc1ccccn1)c1c(F)cccc1CO. The minimum absolute atomic E-state index is 0.175. The summed E-state index contributed by atoms with van der Waals surface area (Å²) in [5, 5.41) is 9.34. The van der Waals surface area contributed by atoms with Crippen LogP contribution in [0.4, 0.5) is 10.1 Å². The normalized spacial score (nSPS) is 10.5. The molecule has 0 radical (unpaired) electrons. The van der Waals surface area contributed by atoms with E-state index in [-0.39, 0.29) is 12.4 Å². The fourth-order valence-corrected chi connectivity index (χ4v) is 2.08. The number of aliphatic hydroxyl groups excluding tert-OH is 1. The molecule has 100 valence electrons. The molecular formula is C15H17FN2O. The van der Waals surface area contributed by atoms with E-state index in [1.807, 2.05) is 30.0 Å². The Labute approximate surface area is 112 Å². The van der Waals surface area contributed by atoms with Gasteiger partial charge in [-0.1, -0.05) is 18.2 Å². The molecule has 2 aromatic rings. The van der Waals surface area contributed by atoms with Crippen LogP contribution in [0.1, 0.15) is 18.2 Å². The van der Waals surface area contributed by atoms with Crippen LogP contribution >= 0.6 is 0 Å². The van der Waals surface area contributed by atoms with Gasteiger partial charge in [-0.3, -0.25) is 4.98 Å². The molecule has 0 spiro atoms. The quantitative estimate of drug-likeness (QED) is 0.898. The zero-order chi connectivity index (χ0) is 13.7. The molecule has 0 fully saturated rings. The van der Waals surface area contributed by atoms with E-state index in [4.69, 9.17) is 0 Å². The van der Waals surface area contributed by atoms with Gasteiger partial charge in [-0.05, 0) is 25.1 Å². The number of aliphatic hydroxyl groups is 1. The second kappa shape index (κ2) is 6.29. The van der Waals surface area contributed by atoms with Crippen molar-refractivity contribution < 1.29 is 9.50 Å². The van der Waals surface area contributed by atoms with Crippen molar-refractivity contribution in [2.24, 2.45) is 0 Å². The Balaban J connectivity index is 2.32. The van der Waals surface area contributed by atoms with Crippen LogP contribution in [0, 0.1) is 5.82 Å². The van der Waals surface area contributed by atoms with Crippen LogP contribution in [0.25, 0.3) is 0 Å². The third-order valence-electron chi connectivity index (χ3n) is 3.02. The summed E-state index contributed by atoms with van der Waals surface area (Å²) in [6.45, 7) is 2.94. The van der Waals surface area contributed by atoms with Gasteiger partial charge in [0.15, 0.2) is 0 Å². The number of benzene rings is 1. The Morgan fingerprint density at radius 3 is 2.68 bits per heavy atom. The summed E-state index contributed by atoms with van der Waals surface area (Å²) in [5.74, 6) is -0.315. The van der Waals surface area contributed by atoms with Gasteiger partial charge in [-0.2, -0.15) is 0 Å². The van der Waals surface area contributed by atoms with E-state index < -0.39 is 0 Å². The average Bonchev–Trinajstić information content (AvgIpc) is 2.46. The molecule has 0 aliphatic rings. The Morgan fingerprint density at radius 2 is 2.05 bits per heavy atom. The lowest BCUT2D eigenvalue weighted by molar-refractivity contribution is 0.281. The minimum atomic E-state index is -0.315. The van der Waals surface area contributed by atoms with Crippen LogP contribution in [0.5, 0.6) is 0 Å². The molecule has 1 aromatic carbocycles. The van der Waals surface area contributed by atoms with E-state index in [2.05, 4.69) is 4.98 Å². The zero-order valence-corrected chi connectivity index (χ0v) is 10.9. The molecule has 0 amide bonds. The summed E-state index contributed by atoms with van der Waals surface area (Å²) in [7, 11) is 0. The molecule has 0 saturated heterocycles. The number of rotatable bonds is 5. The molecule has 1 N–H and O–H groups in total.